The van der Waals surface area contributed by atoms with Crippen LogP contribution in [0.2, 0.25) is 0 Å². The molecule has 1 heterocycles. The number of nitrogens with one attached hydrogen (secondary N) is 2. The van der Waals surface area contributed by atoms with Gasteiger partial charge in [0, 0.05) is 6.04 Å². The van der Waals surface area contributed by atoms with Crippen LogP contribution in [0.15, 0.2) is 4.52 Å². The molecule has 1 aliphatic carbocycles. The summed E-state index contributed by atoms with van der Waals surface area (Å²) in [6, 6.07) is 0.0863. The van der Waals surface area contributed by atoms with E-state index in [-0.39, 0.29) is 6.04 Å². The van der Waals surface area contributed by atoms with Crippen molar-refractivity contribution in [3.8, 4) is 0 Å². The topological polar surface area (TPSA) is 84.2 Å². The lowest BCUT2D eigenvalue weighted by Gasteiger charge is -2.30. The summed E-state index contributed by atoms with van der Waals surface area (Å²) in [6.45, 7) is 5.54. The van der Waals surface area contributed by atoms with Crippen molar-refractivity contribution in [2.45, 2.75) is 71.8 Å². The number of hydrogen-bond acceptors (Lipinski definition) is 4. The van der Waals surface area contributed by atoms with Gasteiger partial charge < -0.3 is 15.2 Å². The van der Waals surface area contributed by atoms with E-state index >= 15 is 0 Å². The lowest BCUT2D eigenvalue weighted by molar-refractivity contribution is -0.137. The number of aryl methyl sites for hydroxylation is 2. The number of nitrogens with zero attached hydrogens (tertiary/aromatic N) is 1. The van der Waals surface area contributed by atoms with Crippen LogP contribution in [0, 0.1) is 19.8 Å². The van der Waals surface area contributed by atoms with Gasteiger partial charge in [0.1, 0.15) is 11.4 Å². The Morgan fingerprint density at radius 2 is 1.91 bits per heavy atom. The summed E-state index contributed by atoms with van der Waals surface area (Å²) in [7, 11) is 0. The second kappa shape index (κ2) is 8.13. The van der Waals surface area contributed by atoms with Crippen molar-refractivity contribution in [3.63, 3.8) is 0 Å². The molecule has 1 atom stereocenters. The van der Waals surface area contributed by atoms with E-state index in [4.69, 9.17) is 4.52 Å². The van der Waals surface area contributed by atoms with Crippen LogP contribution in [0.3, 0.4) is 0 Å². The van der Waals surface area contributed by atoms with Gasteiger partial charge in [0.25, 0.3) is 0 Å². The van der Waals surface area contributed by atoms with Crippen LogP contribution in [0.4, 0.5) is 5.69 Å². The largest absolute Gasteiger partial charge is 0.359 e. The fourth-order valence-electron chi connectivity index (χ4n) is 3.34. The summed E-state index contributed by atoms with van der Waals surface area (Å²) in [5.41, 5.74) is 1.05. The van der Waals surface area contributed by atoms with Gasteiger partial charge in [-0.05, 0) is 39.0 Å². The first-order chi connectivity index (χ1) is 11.0. The van der Waals surface area contributed by atoms with Gasteiger partial charge in [-0.15, -0.1) is 0 Å². The van der Waals surface area contributed by atoms with Crippen LogP contribution < -0.4 is 10.6 Å². The molecule has 6 heteroatoms. The molecule has 0 radical (unpaired) electrons. The maximum atomic E-state index is 12.2. The van der Waals surface area contributed by atoms with E-state index in [9.17, 15) is 9.59 Å². The van der Waals surface area contributed by atoms with Gasteiger partial charge in [-0.25, -0.2) is 0 Å². The second-order valence-corrected chi connectivity index (χ2v) is 6.42. The quantitative estimate of drug-likeness (QED) is 0.816. The Labute approximate surface area is 137 Å². The highest BCUT2D eigenvalue weighted by molar-refractivity contribution is 6.39. The summed E-state index contributed by atoms with van der Waals surface area (Å²) in [4.78, 5) is 24.4. The number of amides is 2. The minimum atomic E-state index is -0.656. The third-order valence-electron chi connectivity index (χ3n) is 4.61. The van der Waals surface area contributed by atoms with Gasteiger partial charge in [-0.1, -0.05) is 37.8 Å². The molecule has 2 N–H and O–H groups in total. The zero-order chi connectivity index (χ0) is 16.8. The third-order valence-corrected chi connectivity index (χ3v) is 4.61. The van der Waals surface area contributed by atoms with E-state index in [2.05, 4.69) is 22.7 Å². The summed E-state index contributed by atoms with van der Waals surface area (Å²) in [5, 5.41) is 9.31. The molecule has 2 amide bonds. The van der Waals surface area contributed by atoms with Gasteiger partial charge in [0.15, 0.2) is 5.76 Å². The molecule has 23 heavy (non-hydrogen) atoms. The minimum absolute atomic E-state index is 0.0863. The number of hydrogen-bond donors (Lipinski definition) is 2. The van der Waals surface area contributed by atoms with E-state index in [1.54, 1.807) is 13.8 Å². The van der Waals surface area contributed by atoms with Crippen molar-refractivity contribution < 1.29 is 14.1 Å². The Balaban J connectivity index is 1.96. The van der Waals surface area contributed by atoms with Crippen LogP contribution in [-0.2, 0) is 9.59 Å². The van der Waals surface area contributed by atoms with Crippen molar-refractivity contribution in [2.24, 2.45) is 5.92 Å². The monoisotopic (exact) mass is 321 g/mol. The molecule has 1 aromatic rings. The lowest BCUT2D eigenvalue weighted by Crippen LogP contribution is -2.45. The van der Waals surface area contributed by atoms with Crippen molar-refractivity contribution in [2.75, 3.05) is 5.32 Å². The van der Waals surface area contributed by atoms with Gasteiger partial charge in [-0.2, -0.15) is 0 Å². The number of carbonyl (C=O) groups is 2. The highest BCUT2D eigenvalue weighted by Gasteiger charge is 2.27. The summed E-state index contributed by atoms with van der Waals surface area (Å²) in [6.07, 6.45) is 7.88. The number of aromatic nitrogens is 1. The highest BCUT2D eigenvalue weighted by Crippen LogP contribution is 2.28. The van der Waals surface area contributed by atoms with Gasteiger partial charge >= 0.3 is 11.8 Å². The van der Waals surface area contributed by atoms with Gasteiger partial charge in [0.05, 0.1) is 0 Å². The van der Waals surface area contributed by atoms with E-state index in [0.717, 1.165) is 25.7 Å². The van der Waals surface area contributed by atoms with E-state index in [1.165, 1.54) is 19.3 Å². The number of rotatable bonds is 5. The van der Waals surface area contributed by atoms with Crippen LogP contribution in [0.5, 0.6) is 0 Å². The van der Waals surface area contributed by atoms with Crippen molar-refractivity contribution in [1.82, 2.24) is 10.5 Å². The predicted octanol–water partition coefficient (Wildman–Crippen LogP) is 3.10. The van der Waals surface area contributed by atoms with E-state index in [1.807, 2.05) is 0 Å². The Hall–Kier alpha value is -1.85. The van der Waals surface area contributed by atoms with E-state index in [0.29, 0.717) is 23.1 Å². The van der Waals surface area contributed by atoms with Crippen molar-refractivity contribution in [3.05, 3.63) is 11.5 Å². The molecule has 0 aliphatic heterocycles. The minimum Gasteiger partial charge on any atom is -0.359 e. The molecule has 1 aliphatic rings. The van der Waals surface area contributed by atoms with Gasteiger partial charge in [0.2, 0.25) is 0 Å². The van der Waals surface area contributed by atoms with E-state index < -0.39 is 11.8 Å². The molecular formula is C17H27N3O3. The number of anilines is 1. The van der Waals surface area contributed by atoms with Crippen LogP contribution in [-0.4, -0.2) is 23.0 Å². The predicted molar refractivity (Wildman–Crippen MR) is 88.0 cm³/mol. The Morgan fingerprint density at radius 1 is 1.22 bits per heavy atom. The highest BCUT2D eigenvalue weighted by atomic mass is 16.5. The average molecular weight is 321 g/mol. The summed E-state index contributed by atoms with van der Waals surface area (Å²) >= 11 is 0. The molecule has 0 aromatic carbocycles. The molecule has 0 unspecified atom stereocenters. The molecule has 128 valence electrons. The maximum absolute atomic E-state index is 12.2. The molecule has 0 saturated heterocycles. The van der Waals surface area contributed by atoms with Crippen LogP contribution in [0.1, 0.15) is 63.3 Å². The molecule has 1 aromatic heterocycles. The molecule has 1 fully saturated rings. The lowest BCUT2D eigenvalue weighted by atomic mass is 9.82. The molecule has 0 bridgehead atoms. The summed E-state index contributed by atoms with van der Waals surface area (Å²) in [5.74, 6) is -0.245. The van der Waals surface area contributed by atoms with Crippen LogP contribution >= 0.6 is 0 Å². The smallest absolute Gasteiger partial charge is 0.313 e. The first-order valence-corrected chi connectivity index (χ1v) is 8.57. The molecule has 6 nitrogen and oxygen atoms in total. The molecule has 0 spiro atoms. The van der Waals surface area contributed by atoms with Gasteiger partial charge in [-0.3, -0.25) is 9.59 Å². The first-order valence-electron chi connectivity index (χ1n) is 8.57. The van der Waals surface area contributed by atoms with Crippen LogP contribution in [0.25, 0.3) is 0 Å². The maximum Gasteiger partial charge on any atom is 0.313 e. The zero-order valence-electron chi connectivity index (χ0n) is 14.3. The van der Waals surface area contributed by atoms with Crippen molar-refractivity contribution >= 4 is 17.5 Å². The summed E-state index contributed by atoms with van der Waals surface area (Å²) < 4.78 is 4.99. The normalized spacial score (nSPS) is 16.8. The Bertz CT molecular complexity index is 528. The second-order valence-electron chi connectivity index (χ2n) is 6.42. The third kappa shape index (κ3) is 4.56. The first kappa shape index (κ1) is 17.5. The van der Waals surface area contributed by atoms with Crippen molar-refractivity contribution in [1.29, 1.82) is 0 Å². The fraction of sp³-hybridized carbons (Fsp3) is 0.706. The standard InChI is InChI=1S/C17H27N3O3/c1-4-8-14(13-9-6-5-7-10-13)18-16(21)17(22)19-15-11(2)20-23-12(15)3/h13-14H,4-10H2,1-3H3,(H,18,21)(H,19,22)/t14-/m0/s1. The number of carbonyl (C=O) groups excluding carboxylic acids is 2. The SMILES string of the molecule is CCC[C@H](NC(=O)C(=O)Nc1c(C)noc1C)C1CCCCC1. The zero-order valence-corrected chi connectivity index (χ0v) is 14.3. The Kier molecular flexibility index (Phi) is 6.19. The molecule has 2 rings (SSSR count). The molecule has 1 saturated carbocycles. The average Bonchev–Trinajstić information content (AvgIpc) is 2.87. The Morgan fingerprint density at radius 3 is 2.48 bits per heavy atom. The molecular weight excluding hydrogens is 294 g/mol. The fourth-order valence-corrected chi connectivity index (χ4v) is 3.34.